The van der Waals surface area contributed by atoms with Gasteiger partial charge in [0, 0.05) is 25.8 Å². The van der Waals surface area contributed by atoms with Crippen molar-refractivity contribution in [3.8, 4) is 0 Å². The molecule has 1 aromatic rings. The van der Waals surface area contributed by atoms with Gasteiger partial charge in [0.15, 0.2) is 0 Å². The quantitative estimate of drug-likeness (QED) is 0.798. The number of rotatable bonds is 5. The molecule has 0 spiro atoms. The molecular formula is C13H22N2O. The van der Waals surface area contributed by atoms with Crippen molar-refractivity contribution in [3.63, 3.8) is 0 Å². The van der Waals surface area contributed by atoms with E-state index in [1.54, 1.807) is 0 Å². The Morgan fingerprint density at radius 3 is 2.50 bits per heavy atom. The summed E-state index contributed by atoms with van der Waals surface area (Å²) in [4.78, 5) is 2.14. The van der Waals surface area contributed by atoms with Crippen molar-refractivity contribution in [1.29, 1.82) is 0 Å². The van der Waals surface area contributed by atoms with Crippen LogP contribution >= 0.6 is 0 Å². The molecule has 0 saturated heterocycles. The number of para-hydroxylation sites is 1. The average Bonchev–Trinajstić information content (AvgIpc) is 2.25. The van der Waals surface area contributed by atoms with Gasteiger partial charge in [-0.2, -0.15) is 0 Å². The molecule has 0 saturated carbocycles. The van der Waals surface area contributed by atoms with Crippen LogP contribution < -0.4 is 10.6 Å². The average molecular weight is 222 g/mol. The Balaban J connectivity index is 2.69. The van der Waals surface area contributed by atoms with Crippen molar-refractivity contribution in [1.82, 2.24) is 0 Å². The molecule has 0 atom stereocenters. The largest absolute Gasteiger partial charge is 0.390 e. The molecule has 90 valence electrons. The van der Waals surface area contributed by atoms with E-state index in [1.807, 2.05) is 39.1 Å². The lowest BCUT2D eigenvalue weighted by atomic mass is 10.0. The molecule has 1 rings (SSSR count). The third kappa shape index (κ3) is 3.83. The van der Waals surface area contributed by atoms with Gasteiger partial charge in [-0.15, -0.1) is 0 Å². The Kier molecular flexibility index (Phi) is 4.33. The zero-order chi connectivity index (χ0) is 12.2. The molecular weight excluding hydrogens is 200 g/mol. The van der Waals surface area contributed by atoms with E-state index in [0.717, 1.165) is 24.2 Å². The first kappa shape index (κ1) is 13.0. The van der Waals surface area contributed by atoms with Crippen molar-refractivity contribution in [3.05, 3.63) is 29.8 Å². The van der Waals surface area contributed by atoms with Crippen LogP contribution in [0.3, 0.4) is 0 Å². The second-order valence-electron chi connectivity index (χ2n) is 4.82. The molecule has 0 bridgehead atoms. The molecule has 1 aromatic carbocycles. The van der Waals surface area contributed by atoms with Crippen molar-refractivity contribution in [2.24, 2.45) is 5.73 Å². The normalized spacial score (nSPS) is 11.6. The number of benzene rings is 1. The van der Waals surface area contributed by atoms with Crippen LogP contribution in [0.2, 0.25) is 0 Å². The molecule has 0 aliphatic heterocycles. The number of nitrogens with zero attached hydrogens (tertiary/aromatic N) is 1. The van der Waals surface area contributed by atoms with E-state index in [9.17, 15) is 5.11 Å². The van der Waals surface area contributed by atoms with Gasteiger partial charge in [0.1, 0.15) is 0 Å². The zero-order valence-electron chi connectivity index (χ0n) is 10.4. The van der Waals surface area contributed by atoms with Gasteiger partial charge in [0.2, 0.25) is 0 Å². The highest BCUT2D eigenvalue weighted by Gasteiger charge is 2.14. The lowest BCUT2D eigenvalue weighted by molar-refractivity contribution is 0.0734. The summed E-state index contributed by atoms with van der Waals surface area (Å²) in [6, 6.07) is 8.10. The fourth-order valence-corrected chi connectivity index (χ4v) is 1.62. The van der Waals surface area contributed by atoms with Crippen molar-refractivity contribution < 1.29 is 5.11 Å². The van der Waals surface area contributed by atoms with Gasteiger partial charge in [-0.3, -0.25) is 0 Å². The zero-order valence-corrected chi connectivity index (χ0v) is 10.4. The molecule has 3 nitrogen and oxygen atoms in total. The molecule has 0 heterocycles. The van der Waals surface area contributed by atoms with Crippen molar-refractivity contribution in [2.45, 2.75) is 32.4 Å². The Labute approximate surface area is 97.9 Å². The number of hydrogen-bond donors (Lipinski definition) is 2. The predicted octanol–water partition coefficient (Wildman–Crippen LogP) is 1.74. The second kappa shape index (κ2) is 5.32. The number of hydrogen-bond acceptors (Lipinski definition) is 3. The van der Waals surface area contributed by atoms with Gasteiger partial charge in [-0.05, 0) is 31.9 Å². The fourth-order valence-electron chi connectivity index (χ4n) is 1.62. The van der Waals surface area contributed by atoms with E-state index < -0.39 is 5.60 Å². The maximum absolute atomic E-state index is 9.69. The summed E-state index contributed by atoms with van der Waals surface area (Å²) in [6.45, 7) is 5.02. The van der Waals surface area contributed by atoms with Crippen molar-refractivity contribution >= 4 is 5.69 Å². The molecule has 3 N–H and O–H groups in total. The van der Waals surface area contributed by atoms with Crippen LogP contribution in [0.4, 0.5) is 5.69 Å². The fraction of sp³-hybridized carbons (Fsp3) is 0.538. The second-order valence-corrected chi connectivity index (χ2v) is 4.82. The molecule has 3 heteroatoms. The van der Waals surface area contributed by atoms with Crippen LogP contribution in [0.15, 0.2) is 24.3 Å². The molecule has 0 radical (unpaired) electrons. The minimum Gasteiger partial charge on any atom is -0.390 e. The van der Waals surface area contributed by atoms with E-state index >= 15 is 0 Å². The smallest absolute Gasteiger partial charge is 0.0608 e. The first-order valence-electron chi connectivity index (χ1n) is 5.65. The van der Waals surface area contributed by atoms with E-state index in [0.29, 0.717) is 6.54 Å². The molecule has 0 amide bonds. The summed E-state index contributed by atoms with van der Waals surface area (Å²) in [7, 11) is 2.03. The Bertz CT molecular complexity index is 331. The Morgan fingerprint density at radius 2 is 1.94 bits per heavy atom. The van der Waals surface area contributed by atoms with Crippen molar-refractivity contribution in [2.75, 3.05) is 18.5 Å². The van der Waals surface area contributed by atoms with Gasteiger partial charge < -0.3 is 15.7 Å². The number of nitrogens with two attached hydrogens (primary N) is 1. The van der Waals surface area contributed by atoms with E-state index in [4.69, 9.17) is 5.73 Å². The molecule has 0 aromatic heterocycles. The summed E-state index contributed by atoms with van der Waals surface area (Å²) >= 11 is 0. The standard InChI is InChI=1S/C13H22N2O/c1-13(2,16)8-9-15(3)12-7-5-4-6-11(12)10-14/h4-7,16H,8-10,14H2,1-3H3. The molecule has 0 aliphatic carbocycles. The van der Waals surface area contributed by atoms with Crippen LogP contribution in [0.1, 0.15) is 25.8 Å². The molecule has 0 aliphatic rings. The highest BCUT2D eigenvalue weighted by atomic mass is 16.3. The maximum Gasteiger partial charge on any atom is 0.0608 e. The van der Waals surface area contributed by atoms with Crippen LogP contribution in [0.5, 0.6) is 0 Å². The first-order chi connectivity index (χ1) is 7.44. The SMILES string of the molecule is CN(CCC(C)(C)O)c1ccccc1CN. The summed E-state index contributed by atoms with van der Waals surface area (Å²) < 4.78 is 0. The third-order valence-corrected chi connectivity index (χ3v) is 2.68. The lowest BCUT2D eigenvalue weighted by Crippen LogP contribution is -2.28. The molecule has 0 fully saturated rings. The van der Waals surface area contributed by atoms with Crippen LogP contribution in [0, 0.1) is 0 Å². The summed E-state index contributed by atoms with van der Waals surface area (Å²) in [6.07, 6.45) is 0.738. The molecule has 16 heavy (non-hydrogen) atoms. The maximum atomic E-state index is 9.69. The van der Waals surface area contributed by atoms with E-state index in [2.05, 4.69) is 11.0 Å². The topological polar surface area (TPSA) is 49.5 Å². The van der Waals surface area contributed by atoms with Crippen LogP contribution in [-0.2, 0) is 6.54 Å². The highest BCUT2D eigenvalue weighted by molar-refractivity contribution is 5.52. The number of aliphatic hydroxyl groups is 1. The third-order valence-electron chi connectivity index (χ3n) is 2.68. The monoisotopic (exact) mass is 222 g/mol. The minimum atomic E-state index is -0.619. The minimum absolute atomic E-state index is 0.545. The first-order valence-corrected chi connectivity index (χ1v) is 5.65. The van der Waals surface area contributed by atoms with Crippen LogP contribution in [0.25, 0.3) is 0 Å². The van der Waals surface area contributed by atoms with Crippen LogP contribution in [-0.4, -0.2) is 24.3 Å². The summed E-state index contributed by atoms with van der Waals surface area (Å²) in [5.74, 6) is 0. The van der Waals surface area contributed by atoms with Gasteiger partial charge in [0.05, 0.1) is 5.60 Å². The molecule has 0 unspecified atom stereocenters. The van der Waals surface area contributed by atoms with E-state index in [-0.39, 0.29) is 0 Å². The summed E-state index contributed by atoms with van der Waals surface area (Å²) in [5, 5.41) is 9.69. The highest BCUT2D eigenvalue weighted by Crippen LogP contribution is 2.20. The Hall–Kier alpha value is -1.06. The van der Waals surface area contributed by atoms with Gasteiger partial charge in [-0.25, -0.2) is 0 Å². The van der Waals surface area contributed by atoms with Gasteiger partial charge >= 0.3 is 0 Å². The lowest BCUT2D eigenvalue weighted by Gasteiger charge is -2.26. The van der Waals surface area contributed by atoms with Gasteiger partial charge in [-0.1, -0.05) is 18.2 Å². The predicted molar refractivity (Wildman–Crippen MR) is 68.5 cm³/mol. The number of anilines is 1. The van der Waals surface area contributed by atoms with Gasteiger partial charge in [0.25, 0.3) is 0 Å². The Morgan fingerprint density at radius 1 is 1.31 bits per heavy atom. The summed E-state index contributed by atoms with van der Waals surface area (Å²) in [5.41, 5.74) is 7.36. The van der Waals surface area contributed by atoms with E-state index in [1.165, 1.54) is 0 Å².